The molecule has 1 aromatic heterocycles. The van der Waals surface area contributed by atoms with E-state index in [1.165, 1.54) is 31.4 Å². The van der Waals surface area contributed by atoms with Crippen molar-refractivity contribution in [2.24, 2.45) is 11.7 Å². The number of piperidine rings is 1. The van der Waals surface area contributed by atoms with Crippen molar-refractivity contribution < 1.29 is 0 Å². The minimum atomic E-state index is 0.676. The summed E-state index contributed by atoms with van der Waals surface area (Å²) in [6.45, 7) is 5.34. The zero-order valence-corrected chi connectivity index (χ0v) is 11.3. The van der Waals surface area contributed by atoms with Crippen LogP contribution in [0.15, 0.2) is 12.5 Å². The molecule has 1 saturated carbocycles. The van der Waals surface area contributed by atoms with Gasteiger partial charge in [0.25, 0.3) is 0 Å². The topological polar surface area (TPSA) is 47.1 Å². The molecule has 3 rings (SSSR count). The van der Waals surface area contributed by atoms with Gasteiger partial charge >= 0.3 is 0 Å². The van der Waals surface area contributed by atoms with Crippen LogP contribution in [0.25, 0.3) is 0 Å². The molecule has 0 amide bonds. The summed E-state index contributed by atoms with van der Waals surface area (Å²) in [6.07, 6.45) is 9.25. The molecule has 2 N–H and O–H groups in total. The summed E-state index contributed by atoms with van der Waals surface area (Å²) in [4.78, 5) is 6.90. The predicted molar refractivity (Wildman–Crippen MR) is 72.1 cm³/mol. The summed E-state index contributed by atoms with van der Waals surface area (Å²) in [5, 5.41) is 0. The number of rotatable bonds is 4. The molecule has 18 heavy (non-hydrogen) atoms. The van der Waals surface area contributed by atoms with Gasteiger partial charge in [0.2, 0.25) is 0 Å². The van der Waals surface area contributed by atoms with Crippen molar-refractivity contribution in [1.29, 1.82) is 0 Å². The normalized spacial score (nSPS) is 29.7. The van der Waals surface area contributed by atoms with Crippen molar-refractivity contribution in [2.45, 2.75) is 51.2 Å². The molecule has 4 heteroatoms. The average Bonchev–Trinajstić information content (AvgIpc) is 3.13. The fourth-order valence-electron chi connectivity index (χ4n) is 3.02. The van der Waals surface area contributed by atoms with E-state index in [9.17, 15) is 0 Å². The van der Waals surface area contributed by atoms with E-state index in [1.807, 2.05) is 12.5 Å². The maximum atomic E-state index is 5.83. The van der Waals surface area contributed by atoms with Gasteiger partial charge in [-0.2, -0.15) is 0 Å². The minimum Gasteiger partial charge on any atom is -0.330 e. The summed E-state index contributed by atoms with van der Waals surface area (Å²) in [5.41, 5.74) is 7.21. The number of hydrogen-bond acceptors (Lipinski definition) is 3. The molecule has 1 saturated heterocycles. The molecule has 0 aromatic carbocycles. The quantitative estimate of drug-likeness (QED) is 0.883. The number of imidazole rings is 1. The SMILES string of the molecule is CC1CCC(CN)CN1Cc1cncn1C1CC1. The Hall–Kier alpha value is -0.870. The van der Waals surface area contributed by atoms with Crippen LogP contribution < -0.4 is 5.73 Å². The Labute approximate surface area is 109 Å². The van der Waals surface area contributed by atoms with Gasteiger partial charge in [-0.25, -0.2) is 4.98 Å². The molecular weight excluding hydrogens is 224 g/mol. The predicted octanol–water partition coefficient (Wildman–Crippen LogP) is 1.78. The molecule has 0 spiro atoms. The Balaban J connectivity index is 1.68. The van der Waals surface area contributed by atoms with Crippen molar-refractivity contribution in [1.82, 2.24) is 14.5 Å². The third-order valence-electron chi connectivity index (χ3n) is 4.49. The summed E-state index contributed by atoms with van der Waals surface area (Å²) >= 11 is 0. The van der Waals surface area contributed by atoms with E-state index in [4.69, 9.17) is 5.73 Å². The summed E-state index contributed by atoms with van der Waals surface area (Å²) in [6, 6.07) is 1.41. The van der Waals surface area contributed by atoms with Crippen LogP contribution in [0, 0.1) is 5.92 Å². The fraction of sp³-hybridized carbons (Fsp3) is 0.786. The number of likely N-dealkylation sites (tertiary alicyclic amines) is 1. The van der Waals surface area contributed by atoms with Crippen LogP contribution >= 0.6 is 0 Å². The lowest BCUT2D eigenvalue weighted by molar-refractivity contribution is 0.110. The van der Waals surface area contributed by atoms with Gasteiger partial charge in [0.05, 0.1) is 12.0 Å². The third kappa shape index (κ3) is 2.45. The second-order valence-electron chi connectivity index (χ2n) is 5.98. The van der Waals surface area contributed by atoms with Gasteiger partial charge in [-0.3, -0.25) is 4.90 Å². The van der Waals surface area contributed by atoms with Gasteiger partial charge in [-0.1, -0.05) is 0 Å². The molecule has 2 fully saturated rings. The van der Waals surface area contributed by atoms with E-state index in [1.54, 1.807) is 0 Å². The molecule has 1 aliphatic heterocycles. The van der Waals surface area contributed by atoms with E-state index in [0.717, 1.165) is 25.7 Å². The van der Waals surface area contributed by atoms with Crippen LogP contribution in [0.4, 0.5) is 0 Å². The Morgan fingerprint density at radius 2 is 2.17 bits per heavy atom. The van der Waals surface area contributed by atoms with E-state index < -0.39 is 0 Å². The maximum absolute atomic E-state index is 5.83. The molecule has 2 unspecified atom stereocenters. The van der Waals surface area contributed by atoms with Gasteiger partial charge < -0.3 is 10.3 Å². The smallest absolute Gasteiger partial charge is 0.0951 e. The molecule has 1 aromatic rings. The van der Waals surface area contributed by atoms with Crippen LogP contribution in [0.5, 0.6) is 0 Å². The second-order valence-corrected chi connectivity index (χ2v) is 5.98. The fourth-order valence-corrected chi connectivity index (χ4v) is 3.02. The average molecular weight is 248 g/mol. The monoisotopic (exact) mass is 248 g/mol. The number of nitrogens with two attached hydrogens (primary N) is 1. The van der Waals surface area contributed by atoms with Crippen LogP contribution in [0.1, 0.15) is 44.3 Å². The first-order valence-electron chi connectivity index (χ1n) is 7.22. The van der Waals surface area contributed by atoms with Gasteiger partial charge in [0, 0.05) is 31.4 Å². The summed E-state index contributed by atoms with van der Waals surface area (Å²) in [7, 11) is 0. The molecule has 2 heterocycles. The largest absolute Gasteiger partial charge is 0.330 e. The van der Waals surface area contributed by atoms with Crippen molar-refractivity contribution in [3.8, 4) is 0 Å². The lowest BCUT2D eigenvalue weighted by Crippen LogP contribution is -2.43. The van der Waals surface area contributed by atoms with Crippen molar-refractivity contribution in [3.63, 3.8) is 0 Å². The van der Waals surface area contributed by atoms with E-state index in [-0.39, 0.29) is 0 Å². The third-order valence-corrected chi connectivity index (χ3v) is 4.49. The first kappa shape index (κ1) is 12.2. The zero-order valence-electron chi connectivity index (χ0n) is 11.3. The second kappa shape index (κ2) is 5.02. The van der Waals surface area contributed by atoms with Gasteiger partial charge in [-0.05, 0) is 45.1 Å². The highest BCUT2D eigenvalue weighted by Gasteiger charge is 2.28. The lowest BCUT2D eigenvalue weighted by Gasteiger charge is -2.37. The van der Waals surface area contributed by atoms with E-state index in [0.29, 0.717) is 12.0 Å². The molecule has 0 radical (unpaired) electrons. The zero-order chi connectivity index (χ0) is 12.5. The van der Waals surface area contributed by atoms with Crippen molar-refractivity contribution in [3.05, 3.63) is 18.2 Å². The Bertz CT molecular complexity index is 396. The first-order chi connectivity index (χ1) is 8.78. The highest BCUT2D eigenvalue weighted by molar-refractivity contribution is 5.04. The molecule has 2 atom stereocenters. The van der Waals surface area contributed by atoms with Gasteiger partial charge in [-0.15, -0.1) is 0 Å². The minimum absolute atomic E-state index is 0.676. The van der Waals surface area contributed by atoms with Gasteiger partial charge in [0.15, 0.2) is 0 Å². The van der Waals surface area contributed by atoms with Gasteiger partial charge in [0.1, 0.15) is 0 Å². The molecule has 1 aliphatic carbocycles. The maximum Gasteiger partial charge on any atom is 0.0951 e. The van der Waals surface area contributed by atoms with Crippen molar-refractivity contribution >= 4 is 0 Å². The van der Waals surface area contributed by atoms with E-state index in [2.05, 4.69) is 21.4 Å². The standard InChI is InChI=1S/C14H24N4/c1-11-2-3-12(6-15)8-17(11)9-14-7-16-10-18(14)13-4-5-13/h7,10-13H,2-6,8-9,15H2,1H3. The van der Waals surface area contributed by atoms with Crippen molar-refractivity contribution in [2.75, 3.05) is 13.1 Å². The molecule has 0 bridgehead atoms. The highest BCUT2D eigenvalue weighted by Crippen LogP contribution is 2.36. The lowest BCUT2D eigenvalue weighted by atomic mass is 9.93. The molecule has 2 aliphatic rings. The Kier molecular flexibility index (Phi) is 3.39. The highest BCUT2D eigenvalue weighted by atomic mass is 15.2. The number of nitrogens with zero attached hydrogens (tertiary/aromatic N) is 3. The van der Waals surface area contributed by atoms with E-state index >= 15 is 0 Å². The first-order valence-corrected chi connectivity index (χ1v) is 7.22. The molecule has 100 valence electrons. The van der Waals surface area contributed by atoms with Crippen LogP contribution in [-0.4, -0.2) is 33.6 Å². The molecule has 4 nitrogen and oxygen atoms in total. The summed E-state index contributed by atoms with van der Waals surface area (Å²) in [5.74, 6) is 0.679. The van der Waals surface area contributed by atoms with Crippen LogP contribution in [0.3, 0.4) is 0 Å². The van der Waals surface area contributed by atoms with Crippen LogP contribution in [-0.2, 0) is 6.54 Å². The Morgan fingerprint density at radius 1 is 1.33 bits per heavy atom. The molecular formula is C14H24N4. The number of aromatic nitrogens is 2. The Morgan fingerprint density at radius 3 is 2.89 bits per heavy atom. The summed E-state index contributed by atoms with van der Waals surface area (Å²) < 4.78 is 2.37. The van der Waals surface area contributed by atoms with Crippen LogP contribution in [0.2, 0.25) is 0 Å². The number of hydrogen-bond donors (Lipinski definition) is 1.